The molecule has 3 aromatic carbocycles. The number of hydrogen-bond donors (Lipinski definition) is 1. The van der Waals surface area contributed by atoms with Gasteiger partial charge in [0.1, 0.15) is 4.88 Å². The lowest BCUT2D eigenvalue weighted by Crippen LogP contribution is -2.21. The van der Waals surface area contributed by atoms with Crippen LogP contribution in [0.25, 0.3) is 38.5 Å². The molecule has 0 fully saturated rings. The third kappa shape index (κ3) is 4.23. The number of hydrogen-bond acceptors (Lipinski definition) is 6. The fourth-order valence-electron chi connectivity index (χ4n) is 4.10. The number of anilines is 1. The molecule has 7 nitrogen and oxygen atoms in total. The van der Waals surface area contributed by atoms with Crippen LogP contribution in [0.4, 0.5) is 5.13 Å². The van der Waals surface area contributed by atoms with E-state index in [1.165, 1.54) is 17.6 Å². The maximum atomic E-state index is 13.8. The number of furan rings is 1. The molecule has 0 saturated carbocycles. The van der Waals surface area contributed by atoms with Crippen LogP contribution in [0.1, 0.15) is 16.1 Å². The molecule has 0 unspecified atom stereocenters. The smallest absolute Gasteiger partial charge is 0.293 e. The highest BCUT2D eigenvalue weighted by Crippen LogP contribution is 2.39. The zero-order chi connectivity index (χ0) is 25.4. The van der Waals surface area contributed by atoms with Crippen molar-refractivity contribution in [1.82, 2.24) is 14.5 Å². The van der Waals surface area contributed by atoms with Gasteiger partial charge in [0.15, 0.2) is 16.7 Å². The highest BCUT2D eigenvalue weighted by Gasteiger charge is 2.23. The van der Waals surface area contributed by atoms with E-state index < -0.39 is 5.91 Å². The van der Waals surface area contributed by atoms with Crippen molar-refractivity contribution < 1.29 is 9.21 Å². The van der Waals surface area contributed by atoms with Crippen molar-refractivity contribution in [1.29, 1.82) is 0 Å². The van der Waals surface area contributed by atoms with Crippen LogP contribution in [0.2, 0.25) is 0 Å². The van der Waals surface area contributed by atoms with Crippen LogP contribution in [0.5, 0.6) is 0 Å². The van der Waals surface area contributed by atoms with E-state index >= 15 is 0 Å². The molecule has 1 amide bonds. The summed E-state index contributed by atoms with van der Waals surface area (Å²) in [5.41, 5.74) is 3.63. The second-order valence-electron chi connectivity index (χ2n) is 8.42. The Bertz CT molecular complexity index is 1790. The van der Waals surface area contributed by atoms with Gasteiger partial charge >= 0.3 is 0 Å². The minimum absolute atomic E-state index is 0.179. The molecule has 0 saturated heterocycles. The molecule has 0 radical (unpaired) electrons. The molecule has 6 rings (SSSR count). The molecule has 0 spiro atoms. The van der Waals surface area contributed by atoms with Crippen LogP contribution in [0.3, 0.4) is 0 Å². The zero-order valence-electron chi connectivity index (χ0n) is 19.7. The average molecular weight is 505 g/mol. The number of thiazole rings is 1. The van der Waals surface area contributed by atoms with Gasteiger partial charge in [0.25, 0.3) is 11.5 Å². The Kier molecular flexibility index (Phi) is 5.71. The van der Waals surface area contributed by atoms with Gasteiger partial charge in [-0.1, -0.05) is 71.5 Å². The minimum atomic E-state index is -0.410. The summed E-state index contributed by atoms with van der Waals surface area (Å²) in [5, 5.41) is 3.71. The lowest BCUT2D eigenvalue weighted by atomic mass is 10.1. The van der Waals surface area contributed by atoms with Crippen molar-refractivity contribution in [2.45, 2.75) is 6.92 Å². The quantitative estimate of drug-likeness (QED) is 0.296. The number of aromatic nitrogens is 3. The maximum Gasteiger partial charge on any atom is 0.293 e. The molecule has 0 atom stereocenters. The van der Waals surface area contributed by atoms with E-state index in [2.05, 4.69) is 5.32 Å². The van der Waals surface area contributed by atoms with E-state index in [0.29, 0.717) is 38.1 Å². The number of para-hydroxylation sites is 1. The first-order valence-corrected chi connectivity index (χ1v) is 12.4. The summed E-state index contributed by atoms with van der Waals surface area (Å²) in [6.45, 7) is 2.00. The Balaban J connectivity index is 1.60. The molecule has 0 aliphatic carbocycles. The minimum Gasteiger partial charge on any atom is -0.459 e. The second kappa shape index (κ2) is 9.33. The third-order valence-corrected chi connectivity index (χ3v) is 6.88. The van der Waals surface area contributed by atoms with E-state index in [1.807, 2.05) is 79.7 Å². The van der Waals surface area contributed by atoms with Crippen LogP contribution in [-0.2, 0) is 0 Å². The highest BCUT2D eigenvalue weighted by atomic mass is 32.1. The lowest BCUT2D eigenvalue weighted by Gasteiger charge is -2.14. The largest absolute Gasteiger partial charge is 0.459 e. The molecule has 6 aromatic rings. The molecule has 0 aliphatic heterocycles. The number of carbonyl (C=O) groups is 1. The number of amides is 1. The van der Waals surface area contributed by atoms with Gasteiger partial charge in [0.05, 0.1) is 28.5 Å². The summed E-state index contributed by atoms with van der Waals surface area (Å²) < 4.78 is 6.84. The topological polar surface area (TPSA) is 90.0 Å². The molecule has 3 heterocycles. The normalized spacial score (nSPS) is 11.1. The monoisotopic (exact) mass is 504 g/mol. The predicted octanol–water partition coefficient (Wildman–Crippen LogP) is 6.33. The highest BCUT2D eigenvalue weighted by molar-refractivity contribution is 7.19. The van der Waals surface area contributed by atoms with Crippen molar-refractivity contribution in [3.63, 3.8) is 0 Å². The van der Waals surface area contributed by atoms with Gasteiger partial charge in [-0.05, 0) is 43.3 Å². The van der Waals surface area contributed by atoms with Crippen molar-refractivity contribution >= 4 is 33.3 Å². The van der Waals surface area contributed by atoms with E-state index in [4.69, 9.17) is 14.4 Å². The van der Waals surface area contributed by atoms with E-state index in [1.54, 1.807) is 22.8 Å². The molecule has 37 heavy (non-hydrogen) atoms. The van der Waals surface area contributed by atoms with Crippen LogP contribution in [0, 0.1) is 6.92 Å². The first-order valence-electron chi connectivity index (χ1n) is 11.6. The number of aryl methyl sites for hydroxylation is 1. The van der Waals surface area contributed by atoms with Gasteiger partial charge in [-0.3, -0.25) is 19.5 Å². The summed E-state index contributed by atoms with van der Waals surface area (Å²) in [5.74, 6) is 0.216. The number of benzene rings is 3. The van der Waals surface area contributed by atoms with Crippen molar-refractivity contribution in [2.75, 3.05) is 5.32 Å². The van der Waals surface area contributed by atoms with Gasteiger partial charge in [-0.2, -0.15) is 0 Å². The van der Waals surface area contributed by atoms with Gasteiger partial charge < -0.3 is 4.42 Å². The Morgan fingerprint density at radius 1 is 0.892 bits per heavy atom. The lowest BCUT2D eigenvalue weighted by molar-refractivity contribution is 0.0996. The first kappa shape index (κ1) is 22.6. The van der Waals surface area contributed by atoms with E-state index in [0.717, 1.165) is 11.1 Å². The van der Waals surface area contributed by atoms with Crippen LogP contribution in [0.15, 0.2) is 106 Å². The number of fused-ring (bicyclic) bond motifs is 1. The second-order valence-corrected chi connectivity index (χ2v) is 9.42. The van der Waals surface area contributed by atoms with Crippen LogP contribution in [-0.4, -0.2) is 20.4 Å². The van der Waals surface area contributed by atoms with Gasteiger partial charge in [0.2, 0.25) is 0 Å². The summed E-state index contributed by atoms with van der Waals surface area (Å²) in [4.78, 5) is 36.9. The van der Waals surface area contributed by atoms with Crippen molar-refractivity contribution in [3.8, 4) is 27.6 Å². The standard InChI is InChI=1S/C29H20N4O3S/c1-18-13-15-20(16-14-18)33-26(30-22-11-6-5-10-21(22)28(33)35)25-24(19-8-3-2-4-9-19)31-29(37-25)32-27(34)23-12-7-17-36-23/h2-17H,1H3,(H,31,32,34). The summed E-state index contributed by atoms with van der Waals surface area (Å²) in [6.07, 6.45) is 1.44. The molecule has 0 aliphatic rings. The number of nitrogens with one attached hydrogen (secondary N) is 1. The maximum absolute atomic E-state index is 13.8. The van der Waals surface area contributed by atoms with Crippen molar-refractivity contribution in [2.24, 2.45) is 0 Å². The molecular weight excluding hydrogens is 484 g/mol. The van der Waals surface area contributed by atoms with Crippen LogP contribution >= 0.6 is 11.3 Å². The Morgan fingerprint density at radius 3 is 2.41 bits per heavy atom. The average Bonchev–Trinajstić information content (AvgIpc) is 3.61. The summed E-state index contributed by atoms with van der Waals surface area (Å²) >= 11 is 1.26. The van der Waals surface area contributed by atoms with E-state index in [-0.39, 0.29) is 11.3 Å². The number of carbonyl (C=O) groups excluding carboxylic acids is 1. The molecule has 180 valence electrons. The zero-order valence-corrected chi connectivity index (χ0v) is 20.5. The predicted molar refractivity (Wildman–Crippen MR) is 145 cm³/mol. The van der Waals surface area contributed by atoms with Gasteiger partial charge in [0, 0.05) is 5.56 Å². The Morgan fingerprint density at radius 2 is 1.65 bits per heavy atom. The Hall–Kier alpha value is -4.82. The summed E-state index contributed by atoms with van der Waals surface area (Å²) in [7, 11) is 0. The molecular formula is C29H20N4O3S. The molecule has 0 bridgehead atoms. The number of nitrogens with zero attached hydrogens (tertiary/aromatic N) is 3. The SMILES string of the molecule is Cc1ccc(-n2c(-c3sc(NC(=O)c4ccco4)nc3-c3ccccc3)nc3ccccc3c2=O)cc1. The fourth-order valence-corrected chi connectivity index (χ4v) is 5.06. The summed E-state index contributed by atoms with van der Waals surface area (Å²) in [6, 6.07) is 27.9. The fraction of sp³-hybridized carbons (Fsp3) is 0.0345. The molecule has 3 aromatic heterocycles. The van der Waals surface area contributed by atoms with Gasteiger partial charge in [-0.25, -0.2) is 9.97 Å². The van der Waals surface area contributed by atoms with Gasteiger partial charge in [-0.15, -0.1) is 0 Å². The first-order chi connectivity index (χ1) is 18.1. The third-order valence-electron chi connectivity index (χ3n) is 5.91. The van der Waals surface area contributed by atoms with E-state index in [9.17, 15) is 9.59 Å². The Labute approximate surface area is 215 Å². The van der Waals surface area contributed by atoms with Crippen molar-refractivity contribution in [3.05, 3.63) is 119 Å². The molecule has 8 heteroatoms. The van der Waals surface area contributed by atoms with Crippen LogP contribution < -0.4 is 10.9 Å². The molecule has 1 N–H and O–H groups in total. The number of rotatable bonds is 5.